The van der Waals surface area contributed by atoms with E-state index in [2.05, 4.69) is 4.98 Å². The molecule has 5 atom stereocenters. The number of benzene rings is 4. The van der Waals surface area contributed by atoms with Crippen molar-refractivity contribution in [2.45, 2.75) is 57.1 Å². The lowest BCUT2D eigenvalue weighted by Gasteiger charge is -2.45. The summed E-state index contributed by atoms with van der Waals surface area (Å²) in [6.45, 7) is 1.62. The standard InChI is InChI=1S/C40H41NO7/c1-42-34-23-14-24-41-39(34)48-40-38(46-28-33-21-12-5-13-22-33)37(45-27-32-19-10-4-11-20-32)36(44-26-31-17-8-3-9-18-31)35(47-40)29-43-25-30-15-6-2-7-16-30/h2-24,35-38,40H,25-29H2,1H3. The lowest BCUT2D eigenvalue weighted by Crippen LogP contribution is -2.62. The van der Waals surface area contributed by atoms with Gasteiger partial charge < -0.3 is 33.2 Å². The topological polar surface area (TPSA) is 77.5 Å². The molecule has 48 heavy (non-hydrogen) atoms. The van der Waals surface area contributed by atoms with Gasteiger partial charge in [0, 0.05) is 6.20 Å². The van der Waals surface area contributed by atoms with Gasteiger partial charge in [0.1, 0.15) is 24.4 Å². The molecule has 0 radical (unpaired) electrons. The molecule has 248 valence electrons. The fourth-order valence-corrected chi connectivity index (χ4v) is 5.57. The number of ether oxygens (including phenoxy) is 7. The van der Waals surface area contributed by atoms with Crippen molar-refractivity contribution in [3.05, 3.63) is 162 Å². The molecular weight excluding hydrogens is 606 g/mol. The van der Waals surface area contributed by atoms with Crippen LogP contribution in [0.4, 0.5) is 0 Å². The third kappa shape index (κ3) is 9.28. The molecule has 1 aliphatic rings. The fraction of sp³-hybridized carbons (Fsp3) is 0.275. The van der Waals surface area contributed by atoms with E-state index in [1.165, 1.54) is 0 Å². The molecule has 0 bridgehead atoms. The third-order valence-corrected chi connectivity index (χ3v) is 8.02. The summed E-state index contributed by atoms with van der Waals surface area (Å²) in [5, 5.41) is 0. The van der Waals surface area contributed by atoms with Gasteiger partial charge in [0.25, 0.3) is 5.88 Å². The minimum absolute atomic E-state index is 0.226. The highest BCUT2D eigenvalue weighted by Gasteiger charge is 2.50. The summed E-state index contributed by atoms with van der Waals surface area (Å²) in [5.74, 6) is 0.761. The number of hydrogen-bond acceptors (Lipinski definition) is 8. The van der Waals surface area contributed by atoms with Gasteiger partial charge in [-0.3, -0.25) is 0 Å². The van der Waals surface area contributed by atoms with Crippen molar-refractivity contribution >= 4 is 0 Å². The highest BCUT2D eigenvalue weighted by Crippen LogP contribution is 2.34. The number of methoxy groups -OCH3 is 1. The molecule has 1 saturated heterocycles. The first kappa shape index (κ1) is 33.3. The Bertz CT molecular complexity index is 1630. The molecule has 6 rings (SSSR count). The maximum atomic E-state index is 6.77. The van der Waals surface area contributed by atoms with Gasteiger partial charge in [-0.2, -0.15) is 0 Å². The molecule has 1 aromatic heterocycles. The normalized spacial score (nSPS) is 20.6. The van der Waals surface area contributed by atoms with Crippen LogP contribution in [-0.2, 0) is 50.1 Å². The Labute approximate surface area is 282 Å². The van der Waals surface area contributed by atoms with Gasteiger partial charge in [0.15, 0.2) is 5.75 Å². The summed E-state index contributed by atoms with van der Waals surface area (Å²) in [7, 11) is 1.58. The van der Waals surface area contributed by atoms with Crippen LogP contribution in [0.25, 0.3) is 0 Å². The molecule has 5 aromatic rings. The highest BCUT2D eigenvalue weighted by molar-refractivity contribution is 5.32. The van der Waals surface area contributed by atoms with Gasteiger partial charge in [0.2, 0.25) is 6.29 Å². The van der Waals surface area contributed by atoms with Crippen molar-refractivity contribution in [3.63, 3.8) is 0 Å². The molecule has 4 aromatic carbocycles. The van der Waals surface area contributed by atoms with Crippen molar-refractivity contribution in [2.24, 2.45) is 0 Å². The summed E-state index contributed by atoms with van der Waals surface area (Å²) in [6, 6.07) is 43.7. The van der Waals surface area contributed by atoms with Crippen molar-refractivity contribution in [1.29, 1.82) is 0 Å². The van der Waals surface area contributed by atoms with Crippen LogP contribution >= 0.6 is 0 Å². The van der Waals surface area contributed by atoms with Crippen LogP contribution in [-0.4, -0.2) is 49.4 Å². The van der Waals surface area contributed by atoms with Gasteiger partial charge >= 0.3 is 0 Å². The Hall–Kier alpha value is -4.57. The van der Waals surface area contributed by atoms with Crippen molar-refractivity contribution in [3.8, 4) is 11.6 Å². The SMILES string of the molecule is COc1cccnc1OC1OC(COCc2ccccc2)C(OCc2ccccc2)C(OCc2ccccc2)C1OCc1ccccc1. The highest BCUT2D eigenvalue weighted by atomic mass is 16.7. The zero-order valence-electron chi connectivity index (χ0n) is 27.0. The quantitative estimate of drug-likeness (QED) is 0.112. The second-order valence-corrected chi connectivity index (χ2v) is 11.5. The Kier molecular flexibility index (Phi) is 12.2. The average Bonchev–Trinajstić information content (AvgIpc) is 3.15. The lowest BCUT2D eigenvalue weighted by atomic mass is 9.97. The molecule has 1 aliphatic heterocycles. The summed E-state index contributed by atoms with van der Waals surface area (Å²) >= 11 is 0. The number of aromatic nitrogens is 1. The molecule has 5 unspecified atom stereocenters. The molecule has 8 nitrogen and oxygen atoms in total. The smallest absolute Gasteiger partial charge is 0.259 e. The predicted molar refractivity (Wildman–Crippen MR) is 181 cm³/mol. The first-order chi connectivity index (χ1) is 23.8. The van der Waals surface area contributed by atoms with E-state index in [0.717, 1.165) is 22.3 Å². The first-order valence-corrected chi connectivity index (χ1v) is 16.2. The van der Waals surface area contributed by atoms with E-state index in [0.29, 0.717) is 32.2 Å². The van der Waals surface area contributed by atoms with Crippen LogP contribution in [0.15, 0.2) is 140 Å². The van der Waals surface area contributed by atoms with E-state index in [-0.39, 0.29) is 12.5 Å². The number of nitrogens with zero attached hydrogens (tertiary/aromatic N) is 1. The lowest BCUT2D eigenvalue weighted by molar-refractivity contribution is -0.310. The number of hydrogen-bond donors (Lipinski definition) is 0. The van der Waals surface area contributed by atoms with Gasteiger partial charge in [-0.05, 0) is 34.4 Å². The molecule has 1 fully saturated rings. The van der Waals surface area contributed by atoms with Gasteiger partial charge in [-0.15, -0.1) is 0 Å². The number of pyridine rings is 1. The molecule has 0 saturated carbocycles. The second-order valence-electron chi connectivity index (χ2n) is 11.5. The van der Waals surface area contributed by atoms with Crippen LogP contribution in [0.3, 0.4) is 0 Å². The summed E-state index contributed by atoms with van der Waals surface area (Å²) in [6.07, 6.45) is -1.76. The Morgan fingerprint density at radius 2 is 1.02 bits per heavy atom. The Morgan fingerprint density at radius 1 is 0.542 bits per heavy atom. The zero-order valence-corrected chi connectivity index (χ0v) is 27.0. The van der Waals surface area contributed by atoms with Crippen molar-refractivity contribution in [2.75, 3.05) is 13.7 Å². The molecule has 8 heteroatoms. The van der Waals surface area contributed by atoms with Crippen LogP contribution in [0.2, 0.25) is 0 Å². The summed E-state index contributed by atoms with van der Waals surface area (Å²) < 4.78 is 45.2. The van der Waals surface area contributed by atoms with Crippen LogP contribution in [0.1, 0.15) is 22.3 Å². The Morgan fingerprint density at radius 3 is 1.54 bits per heavy atom. The molecule has 2 heterocycles. The minimum atomic E-state index is -0.930. The molecule has 0 aliphatic carbocycles. The van der Waals surface area contributed by atoms with E-state index in [1.807, 2.05) is 121 Å². The van der Waals surface area contributed by atoms with Crippen LogP contribution < -0.4 is 9.47 Å². The van der Waals surface area contributed by atoms with E-state index in [4.69, 9.17) is 33.2 Å². The Balaban J connectivity index is 1.33. The van der Waals surface area contributed by atoms with Gasteiger partial charge in [-0.25, -0.2) is 4.98 Å². The minimum Gasteiger partial charge on any atom is -0.491 e. The van der Waals surface area contributed by atoms with E-state index in [9.17, 15) is 0 Å². The maximum absolute atomic E-state index is 6.77. The summed E-state index contributed by atoms with van der Waals surface area (Å²) in [5.41, 5.74) is 4.11. The van der Waals surface area contributed by atoms with Gasteiger partial charge in [0.05, 0.1) is 40.1 Å². The predicted octanol–water partition coefficient (Wildman–Crippen LogP) is 7.17. The molecule has 0 amide bonds. The van der Waals surface area contributed by atoms with E-state index < -0.39 is 30.7 Å². The zero-order chi connectivity index (χ0) is 32.8. The second kappa shape index (κ2) is 17.5. The van der Waals surface area contributed by atoms with Crippen LogP contribution in [0, 0.1) is 0 Å². The number of rotatable bonds is 16. The first-order valence-electron chi connectivity index (χ1n) is 16.2. The average molecular weight is 648 g/mol. The van der Waals surface area contributed by atoms with Gasteiger partial charge in [-0.1, -0.05) is 121 Å². The third-order valence-electron chi connectivity index (χ3n) is 8.02. The summed E-state index contributed by atoms with van der Waals surface area (Å²) in [4.78, 5) is 4.45. The van der Waals surface area contributed by atoms with E-state index in [1.54, 1.807) is 25.4 Å². The van der Waals surface area contributed by atoms with Crippen molar-refractivity contribution in [1.82, 2.24) is 4.98 Å². The fourth-order valence-electron chi connectivity index (χ4n) is 5.57. The largest absolute Gasteiger partial charge is 0.491 e. The maximum Gasteiger partial charge on any atom is 0.259 e. The molecule has 0 spiro atoms. The van der Waals surface area contributed by atoms with Crippen molar-refractivity contribution < 1.29 is 33.2 Å². The van der Waals surface area contributed by atoms with Crippen LogP contribution in [0.5, 0.6) is 11.6 Å². The monoisotopic (exact) mass is 647 g/mol. The molecular formula is C40H41NO7. The molecule has 0 N–H and O–H groups in total. The van der Waals surface area contributed by atoms with E-state index >= 15 is 0 Å².